The molecule has 0 aromatic heterocycles. The number of ether oxygens (including phenoxy) is 1. The topological polar surface area (TPSA) is 40.4 Å². The molecule has 3 rings (SSSR count). The summed E-state index contributed by atoms with van der Waals surface area (Å²) < 4.78 is 6.46. The number of piperidine rings is 1. The molecule has 1 unspecified atom stereocenters. The molecular weight excluding hydrogens is 355 g/mol. The number of hydrogen-bond donors (Lipinski definition) is 0. The molecule has 0 radical (unpaired) electrons. The van der Waals surface area contributed by atoms with E-state index in [9.17, 15) is 0 Å². The lowest BCUT2D eigenvalue weighted by molar-refractivity contribution is -0.00319. The Morgan fingerprint density at radius 1 is 1.11 bits per heavy atom. The van der Waals surface area contributed by atoms with Crippen molar-refractivity contribution in [1.29, 1.82) is 0 Å². The molecular formula is C13H21IN4O. The molecule has 0 aliphatic carbocycles. The number of nitrogens with zero attached hydrogens (tertiary/aromatic N) is 4. The minimum atomic E-state index is 0.282. The molecule has 0 saturated carbocycles. The van der Waals surface area contributed by atoms with E-state index in [-0.39, 0.29) is 6.17 Å². The SMILES string of the molecule is IC1=CCC(N2CCC(N3CCOCC3)CC2)N=N1. The Bertz CT molecular complexity index is 360. The minimum absolute atomic E-state index is 0.282. The summed E-state index contributed by atoms with van der Waals surface area (Å²) in [5.74, 6) is 0. The van der Waals surface area contributed by atoms with Crippen LogP contribution in [-0.2, 0) is 4.74 Å². The average molecular weight is 376 g/mol. The zero-order chi connectivity index (χ0) is 13.1. The number of halogens is 1. The first kappa shape index (κ1) is 13.9. The third-order valence-electron chi connectivity index (χ3n) is 4.27. The molecule has 0 aromatic rings. The van der Waals surface area contributed by atoms with Crippen molar-refractivity contribution in [3.8, 4) is 0 Å². The van der Waals surface area contributed by atoms with Gasteiger partial charge in [-0.25, -0.2) is 0 Å². The van der Waals surface area contributed by atoms with Crippen molar-refractivity contribution in [3.05, 3.63) is 9.78 Å². The summed E-state index contributed by atoms with van der Waals surface area (Å²) in [6, 6.07) is 0.747. The maximum absolute atomic E-state index is 5.43. The summed E-state index contributed by atoms with van der Waals surface area (Å²) in [4.78, 5) is 5.09. The lowest BCUT2D eigenvalue weighted by Gasteiger charge is -2.41. The molecule has 106 valence electrons. The van der Waals surface area contributed by atoms with E-state index >= 15 is 0 Å². The van der Waals surface area contributed by atoms with Gasteiger partial charge in [0.05, 0.1) is 13.2 Å². The van der Waals surface area contributed by atoms with Crippen molar-refractivity contribution in [3.63, 3.8) is 0 Å². The number of hydrogen-bond acceptors (Lipinski definition) is 5. The van der Waals surface area contributed by atoms with Crippen LogP contribution in [-0.4, -0.2) is 61.4 Å². The van der Waals surface area contributed by atoms with Gasteiger partial charge in [0.1, 0.15) is 9.87 Å². The lowest BCUT2D eigenvalue weighted by atomic mass is 10.0. The minimum Gasteiger partial charge on any atom is -0.379 e. The van der Waals surface area contributed by atoms with Gasteiger partial charge in [-0.1, -0.05) is 0 Å². The maximum Gasteiger partial charge on any atom is 0.127 e. The van der Waals surface area contributed by atoms with Crippen molar-refractivity contribution in [2.24, 2.45) is 10.2 Å². The Morgan fingerprint density at radius 2 is 1.84 bits per heavy atom. The molecule has 1 atom stereocenters. The van der Waals surface area contributed by atoms with E-state index in [2.05, 4.69) is 48.7 Å². The van der Waals surface area contributed by atoms with Gasteiger partial charge in [0, 0.05) is 38.6 Å². The smallest absolute Gasteiger partial charge is 0.127 e. The van der Waals surface area contributed by atoms with Gasteiger partial charge in [-0.05, 0) is 41.5 Å². The van der Waals surface area contributed by atoms with Gasteiger partial charge >= 0.3 is 0 Å². The molecule has 3 heterocycles. The normalized spacial score (nSPS) is 31.4. The van der Waals surface area contributed by atoms with E-state index in [4.69, 9.17) is 4.74 Å². The number of azo groups is 1. The van der Waals surface area contributed by atoms with Crippen LogP contribution in [0.25, 0.3) is 0 Å². The van der Waals surface area contributed by atoms with E-state index in [0.717, 1.165) is 55.6 Å². The molecule has 3 aliphatic rings. The van der Waals surface area contributed by atoms with Crippen LogP contribution in [0.1, 0.15) is 19.3 Å². The van der Waals surface area contributed by atoms with Crippen LogP contribution in [0.15, 0.2) is 20.0 Å². The van der Waals surface area contributed by atoms with Crippen LogP contribution in [0, 0.1) is 0 Å². The van der Waals surface area contributed by atoms with Crippen LogP contribution in [0.4, 0.5) is 0 Å². The zero-order valence-corrected chi connectivity index (χ0v) is 13.3. The fourth-order valence-electron chi connectivity index (χ4n) is 3.13. The summed E-state index contributed by atoms with van der Waals surface area (Å²) in [6.45, 7) is 6.32. The molecule has 0 aromatic carbocycles. The largest absolute Gasteiger partial charge is 0.379 e. The molecule has 5 nitrogen and oxygen atoms in total. The fourth-order valence-corrected chi connectivity index (χ4v) is 3.50. The Balaban J connectivity index is 1.48. The summed E-state index contributed by atoms with van der Waals surface area (Å²) >= 11 is 2.23. The second-order valence-corrected chi connectivity index (χ2v) is 6.48. The van der Waals surface area contributed by atoms with Crippen LogP contribution in [0.3, 0.4) is 0 Å². The van der Waals surface area contributed by atoms with Crippen LogP contribution >= 0.6 is 22.6 Å². The third kappa shape index (κ3) is 3.53. The maximum atomic E-state index is 5.43. The zero-order valence-electron chi connectivity index (χ0n) is 11.2. The molecule has 0 N–H and O–H groups in total. The number of likely N-dealkylation sites (tertiary alicyclic amines) is 1. The van der Waals surface area contributed by atoms with E-state index in [1.54, 1.807) is 0 Å². The third-order valence-corrected chi connectivity index (χ3v) is 4.92. The van der Waals surface area contributed by atoms with Gasteiger partial charge in [-0.2, -0.15) is 5.11 Å². The summed E-state index contributed by atoms with van der Waals surface area (Å²) in [6.07, 6.45) is 6.00. The van der Waals surface area contributed by atoms with Gasteiger partial charge in [0.15, 0.2) is 0 Å². The Kier molecular flexibility index (Phi) is 4.83. The molecule has 3 aliphatic heterocycles. The first-order valence-corrected chi connectivity index (χ1v) is 8.23. The van der Waals surface area contributed by atoms with Crippen molar-refractivity contribution in [1.82, 2.24) is 9.80 Å². The molecule has 0 amide bonds. The fraction of sp³-hybridized carbons (Fsp3) is 0.846. The molecule has 19 heavy (non-hydrogen) atoms. The Hall–Kier alpha value is -0.0500. The van der Waals surface area contributed by atoms with Crippen LogP contribution in [0.2, 0.25) is 0 Å². The highest BCUT2D eigenvalue weighted by molar-refractivity contribution is 14.1. The van der Waals surface area contributed by atoms with E-state index in [1.807, 2.05) is 0 Å². The molecule has 2 fully saturated rings. The predicted molar refractivity (Wildman–Crippen MR) is 82.4 cm³/mol. The quantitative estimate of drug-likeness (QED) is 0.548. The second-order valence-electron chi connectivity index (χ2n) is 5.37. The molecule has 0 bridgehead atoms. The van der Waals surface area contributed by atoms with Crippen molar-refractivity contribution in [2.45, 2.75) is 31.5 Å². The highest BCUT2D eigenvalue weighted by Gasteiger charge is 2.29. The highest BCUT2D eigenvalue weighted by atomic mass is 127. The van der Waals surface area contributed by atoms with Gasteiger partial charge in [-0.3, -0.25) is 9.80 Å². The molecule has 2 saturated heterocycles. The van der Waals surface area contributed by atoms with Gasteiger partial charge in [-0.15, -0.1) is 5.11 Å². The standard InChI is InChI=1S/C13H21IN4O/c14-12-1-2-13(16-15-12)18-5-3-11(4-6-18)17-7-9-19-10-8-17/h1,11,13H,2-10H2. The van der Waals surface area contributed by atoms with E-state index < -0.39 is 0 Å². The first-order valence-electron chi connectivity index (χ1n) is 7.15. The van der Waals surface area contributed by atoms with E-state index in [1.165, 1.54) is 12.8 Å². The van der Waals surface area contributed by atoms with Gasteiger partial charge in [0.25, 0.3) is 0 Å². The Morgan fingerprint density at radius 3 is 2.47 bits per heavy atom. The predicted octanol–water partition coefficient (Wildman–Crippen LogP) is 2.24. The number of rotatable bonds is 2. The number of morpholine rings is 1. The summed E-state index contributed by atoms with van der Waals surface area (Å²) in [5.41, 5.74) is 0. The first-order chi connectivity index (χ1) is 9.33. The lowest BCUT2D eigenvalue weighted by Crippen LogP contribution is -2.50. The van der Waals surface area contributed by atoms with Gasteiger partial charge < -0.3 is 4.74 Å². The van der Waals surface area contributed by atoms with Crippen molar-refractivity contribution >= 4 is 22.6 Å². The average Bonchev–Trinajstić information content (AvgIpc) is 2.49. The summed E-state index contributed by atoms with van der Waals surface area (Å²) in [5, 5.41) is 8.61. The Labute approximate surface area is 128 Å². The van der Waals surface area contributed by atoms with E-state index in [0.29, 0.717) is 0 Å². The monoisotopic (exact) mass is 376 g/mol. The molecule has 0 spiro atoms. The van der Waals surface area contributed by atoms with Crippen molar-refractivity contribution in [2.75, 3.05) is 39.4 Å². The second kappa shape index (κ2) is 6.60. The van der Waals surface area contributed by atoms with Crippen LogP contribution in [0.5, 0.6) is 0 Å². The van der Waals surface area contributed by atoms with Crippen LogP contribution < -0.4 is 0 Å². The summed E-state index contributed by atoms with van der Waals surface area (Å²) in [7, 11) is 0. The molecule has 6 heteroatoms. The highest BCUT2D eigenvalue weighted by Crippen LogP contribution is 2.25. The van der Waals surface area contributed by atoms with Crippen molar-refractivity contribution < 1.29 is 4.74 Å². The van der Waals surface area contributed by atoms with Gasteiger partial charge in [0.2, 0.25) is 0 Å².